The van der Waals surface area contributed by atoms with E-state index >= 15 is 0 Å². The molecule has 86 valence electrons. The highest BCUT2D eigenvalue weighted by molar-refractivity contribution is 9.10. The van der Waals surface area contributed by atoms with Crippen LogP contribution < -0.4 is 5.32 Å². The van der Waals surface area contributed by atoms with Crippen LogP contribution in [0.2, 0.25) is 0 Å². The standard InChI is InChI=1S/C12H14BrNOS/c1-7-6-10(13)12(16-7)11(14-3)9-4-5-15-8(9)2/h4-6,11,14H,1-3H3. The van der Waals surface area contributed by atoms with Gasteiger partial charge in [-0.3, -0.25) is 0 Å². The molecule has 0 spiro atoms. The number of nitrogens with one attached hydrogen (secondary N) is 1. The molecule has 0 radical (unpaired) electrons. The lowest BCUT2D eigenvalue weighted by molar-refractivity contribution is 0.523. The van der Waals surface area contributed by atoms with Crippen LogP contribution in [-0.4, -0.2) is 7.05 Å². The molecule has 4 heteroatoms. The second-order valence-electron chi connectivity index (χ2n) is 3.72. The maximum Gasteiger partial charge on any atom is 0.105 e. The van der Waals surface area contributed by atoms with Gasteiger partial charge in [-0.05, 0) is 49.0 Å². The van der Waals surface area contributed by atoms with Gasteiger partial charge in [-0.2, -0.15) is 0 Å². The van der Waals surface area contributed by atoms with E-state index in [1.807, 2.05) is 20.0 Å². The van der Waals surface area contributed by atoms with Crippen molar-refractivity contribution in [2.45, 2.75) is 19.9 Å². The third-order valence-corrected chi connectivity index (χ3v) is 4.63. The minimum atomic E-state index is 0.201. The van der Waals surface area contributed by atoms with E-state index in [1.54, 1.807) is 17.6 Å². The van der Waals surface area contributed by atoms with Gasteiger partial charge in [-0.1, -0.05) is 0 Å². The van der Waals surface area contributed by atoms with Gasteiger partial charge in [0, 0.05) is 19.8 Å². The molecule has 0 aliphatic carbocycles. The second kappa shape index (κ2) is 4.73. The van der Waals surface area contributed by atoms with Crippen LogP contribution in [0.4, 0.5) is 0 Å². The molecule has 1 atom stereocenters. The van der Waals surface area contributed by atoms with Crippen LogP contribution in [0.5, 0.6) is 0 Å². The molecule has 0 fully saturated rings. The Labute approximate surface area is 108 Å². The molecule has 2 aromatic heterocycles. The highest BCUT2D eigenvalue weighted by Crippen LogP contribution is 2.36. The highest BCUT2D eigenvalue weighted by Gasteiger charge is 2.20. The summed E-state index contributed by atoms with van der Waals surface area (Å²) >= 11 is 5.41. The molecule has 0 aliphatic heterocycles. The van der Waals surface area contributed by atoms with Crippen molar-refractivity contribution in [1.82, 2.24) is 5.32 Å². The Morgan fingerprint density at radius 3 is 2.62 bits per heavy atom. The van der Waals surface area contributed by atoms with Gasteiger partial charge in [-0.25, -0.2) is 0 Å². The van der Waals surface area contributed by atoms with Crippen LogP contribution >= 0.6 is 27.3 Å². The number of hydrogen-bond acceptors (Lipinski definition) is 3. The van der Waals surface area contributed by atoms with E-state index in [9.17, 15) is 0 Å². The molecular weight excluding hydrogens is 286 g/mol. The Hall–Kier alpha value is -0.580. The van der Waals surface area contributed by atoms with Gasteiger partial charge in [0.05, 0.1) is 12.3 Å². The van der Waals surface area contributed by atoms with Crippen LogP contribution in [0, 0.1) is 13.8 Å². The number of rotatable bonds is 3. The summed E-state index contributed by atoms with van der Waals surface area (Å²) in [6, 6.07) is 4.38. The summed E-state index contributed by atoms with van der Waals surface area (Å²) in [6.07, 6.45) is 1.74. The lowest BCUT2D eigenvalue weighted by Crippen LogP contribution is -2.17. The summed E-state index contributed by atoms with van der Waals surface area (Å²) in [7, 11) is 1.97. The lowest BCUT2D eigenvalue weighted by atomic mass is 10.1. The van der Waals surface area contributed by atoms with Crippen molar-refractivity contribution in [3.05, 3.63) is 43.9 Å². The van der Waals surface area contributed by atoms with Crippen LogP contribution in [-0.2, 0) is 0 Å². The lowest BCUT2D eigenvalue weighted by Gasteiger charge is -2.14. The van der Waals surface area contributed by atoms with Crippen molar-refractivity contribution in [2.24, 2.45) is 0 Å². The van der Waals surface area contributed by atoms with Crippen molar-refractivity contribution < 1.29 is 4.42 Å². The van der Waals surface area contributed by atoms with E-state index in [-0.39, 0.29) is 6.04 Å². The van der Waals surface area contributed by atoms with Crippen molar-refractivity contribution >= 4 is 27.3 Å². The topological polar surface area (TPSA) is 25.2 Å². The van der Waals surface area contributed by atoms with Crippen LogP contribution in [0.25, 0.3) is 0 Å². The van der Waals surface area contributed by atoms with Crippen molar-refractivity contribution in [1.29, 1.82) is 0 Å². The van der Waals surface area contributed by atoms with E-state index in [0.717, 1.165) is 10.2 Å². The van der Waals surface area contributed by atoms with Crippen LogP contribution in [0.15, 0.2) is 27.3 Å². The Morgan fingerprint density at radius 2 is 2.19 bits per heavy atom. The number of aryl methyl sites for hydroxylation is 2. The maximum atomic E-state index is 5.36. The second-order valence-corrected chi connectivity index (χ2v) is 5.87. The first kappa shape index (κ1) is 11.9. The monoisotopic (exact) mass is 299 g/mol. The molecule has 0 aliphatic rings. The van der Waals surface area contributed by atoms with Gasteiger partial charge in [0.15, 0.2) is 0 Å². The summed E-state index contributed by atoms with van der Waals surface area (Å²) in [5.41, 5.74) is 1.20. The largest absolute Gasteiger partial charge is 0.469 e. The SMILES string of the molecule is CNC(c1ccoc1C)c1sc(C)cc1Br. The Bertz CT molecular complexity index is 489. The van der Waals surface area contributed by atoms with Gasteiger partial charge in [0.25, 0.3) is 0 Å². The molecule has 16 heavy (non-hydrogen) atoms. The van der Waals surface area contributed by atoms with Crippen molar-refractivity contribution in [2.75, 3.05) is 7.05 Å². The minimum absolute atomic E-state index is 0.201. The third kappa shape index (κ3) is 2.10. The Kier molecular flexibility index (Phi) is 3.52. The minimum Gasteiger partial charge on any atom is -0.469 e. The maximum absolute atomic E-state index is 5.36. The molecule has 0 bridgehead atoms. The summed E-state index contributed by atoms with van der Waals surface area (Å²) in [4.78, 5) is 2.60. The molecule has 2 nitrogen and oxygen atoms in total. The quantitative estimate of drug-likeness (QED) is 0.926. The zero-order valence-corrected chi connectivity index (χ0v) is 11.9. The molecule has 1 N–H and O–H groups in total. The first-order valence-electron chi connectivity index (χ1n) is 5.10. The predicted octanol–water partition coefficient (Wildman–Crippen LogP) is 4.03. The fourth-order valence-corrected chi connectivity index (χ4v) is 3.83. The Balaban J connectivity index is 2.44. The van der Waals surface area contributed by atoms with E-state index in [4.69, 9.17) is 4.42 Å². The molecule has 2 rings (SSSR count). The normalized spacial score (nSPS) is 13.0. The molecule has 2 heterocycles. The van der Waals surface area contributed by atoms with Crippen molar-refractivity contribution in [3.8, 4) is 0 Å². The van der Waals surface area contributed by atoms with E-state index in [0.29, 0.717) is 0 Å². The smallest absolute Gasteiger partial charge is 0.105 e. The fourth-order valence-electron chi connectivity index (χ4n) is 1.82. The van der Waals surface area contributed by atoms with Gasteiger partial charge in [0.2, 0.25) is 0 Å². The zero-order valence-electron chi connectivity index (χ0n) is 9.50. The van der Waals surface area contributed by atoms with E-state index < -0.39 is 0 Å². The first-order chi connectivity index (χ1) is 7.63. The molecular formula is C12H14BrNOS. The molecule has 0 saturated heterocycles. The molecule has 1 unspecified atom stereocenters. The van der Waals surface area contributed by atoms with E-state index in [1.165, 1.54) is 15.3 Å². The molecule has 2 aromatic rings. The summed E-state index contributed by atoms with van der Waals surface area (Å²) < 4.78 is 6.53. The number of hydrogen-bond donors (Lipinski definition) is 1. The van der Waals surface area contributed by atoms with Crippen LogP contribution in [0.1, 0.15) is 27.1 Å². The zero-order chi connectivity index (χ0) is 11.7. The molecule has 0 amide bonds. The van der Waals surface area contributed by atoms with Gasteiger partial charge in [-0.15, -0.1) is 11.3 Å². The molecule has 0 aromatic carbocycles. The average Bonchev–Trinajstić information content (AvgIpc) is 2.77. The van der Waals surface area contributed by atoms with Gasteiger partial charge in [0.1, 0.15) is 5.76 Å². The number of furan rings is 1. The summed E-state index contributed by atoms with van der Waals surface area (Å²) in [6.45, 7) is 4.11. The van der Waals surface area contributed by atoms with Gasteiger partial charge < -0.3 is 9.73 Å². The number of thiophene rings is 1. The third-order valence-electron chi connectivity index (χ3n) is 2.60. The average molecular weight is 300 g/mol. The number of halogens is 1. The predicted molar refractivity (Wildman–Crippen MR) is 71.1 cm³/mol. The highest BCUT2D eigenvalue weighted by atomic mass is 79.9. The molecule has 0 saturated carbocycles. The van der Waals surface area contributed by atoms with Crippen LogP contribution in [0.3, 0.4) is 0 Å². The fraction of sp³-hybridized carbons (Fsp3) is 0.333. The Morgan fingerprint density at radius 1 is 1.44 bits per heavy atom. The summed E-state index contributed by atoms with van der Waals surface area (Å²) in [5.74, 6) is 0.970. The van der Waals surface area contributed by atoms with Crippen molar-refractivity contribution in [3.63, 3.8) is 0 Å². The summed E-state index contributed by atoms with van der Waals surface area (Å²) in [5, 5.41) is 3.34. The first-order valence-corrected chi connectivity index (χ1v) is 6.71. The van der Waals surface area contributed by atoms with E-state index in [2.05, 4.69) is 34.2 Å². The van der Waals surface area contributed by atoms with Gasteiger partial charge >= 0.3 is 0 Å².